The Labute approximate surface area is 238 Å². The topological polar surface area (TPSA) is 205 Å². The SMILES string of the molecule is COc1cccc(CC(NC(=O)O)C(=O)NC(CC(C)C)C(=O)NC(C[C@@H]2CCNC2=O)C(=O)C(=O)NC(C)C)n1. The van der Waals surface area contributed by atoms with Crippen LogP contribution >= 0.6 is 0 Å². The van der Waals surface area contributed by atoms with Crippen LogP contribution in [0.4, 0.5) is 4.79 Å². The van der Waals surface area contributed by atoms with Gasteiger partial charge in [0.15, 0.2) is 0 Å². The molecule has 6 N–H and O–H groups in total. The number of ketones is 1. The summed E-state index contributed by atoms with van der Waals surface area (Å²) in [7, 11) is 1.42. The number of nitrogens with zero attached hydrogens (tertiary/aromatic N) is 1. The molecule has 0 aromatic carbocycles. The summed E-state index contributed by atoms with van der Waals surface area (Å²) in [5.41, 5.74) is 0.375. The number of hydrogen-bond acceptors (Lipinski definition) is 8. The molecule has 14 heteroatoms. The Bertz CT molecular complexity index is 1120. The highest BCUT2D eigenvalue weighted by atomic mass is 16.5. The molecule has 1 aliphatic heterocycles. The summed E-state index contributed by atoms with van der Waals surface area (Å²) in [6, 6.07) is 0.732. The average molecular weight is 577 g/mol. The van der Waals surface area contributed by atoms with Crippen LogP contribution in [0.25, 0.3) is 0 Å². The largest absolute Gasteiger partial charge is 0.481 e. The number of ether oxygens (including phenoxy) is 1. The van der Waals surface area contributed by atoms with Gasteiger partial charge in [0, 0.05) is 36.7 Å². The Morgan fingerprint density at radius 3 is 2.22 bits per heavy atom. The molecule has 0 saturated carbocycles. The summed E-state index contributed by atoms with van der Waals surface area (Å²) in [5.74, 6) is -3.99. The standard InChI is InChI=1S/C27H40N6O8/c1-14(2)11-19(32-25(37)20(33-27(39)40)13-17-7-6-8-21(30-17)41-5)24(36)31-18(12-16-9-10-28-23(16)35)22(34)26(38)29-15(3)4/h6-8,14-16,18-20,33H,9-13H2,1-5H3,(H,28,35)(H,29,38)(H,31,36)(H,32,37)(H,39,40)/t16-,18?,19?,20?/m0/s1. The van der Waals surface area contributed by atoms with Gasteiger partial charge in [-0.25, -0.2) is 9.78 Å². The second-order valence-electron chi connectivity index (χ2n) is 10.6. The molecule has 0 spiro atoms. The first kappa shape index (κ1) is 33.0. The normalized spacial score (nSPS) is 16.8. The summed E-state index contributed by atoms with van der Waals surface area (Å²) in [6.07, 6.45) is -1.07. The maximum Gasteiger partial charge on any atom is 0.405 e. The van der Waals surface area contributed by atoms with Gasteiger partial charge < -0.3 is 36.4 Å². The van der Waals surface area contributed by atoms with Gasteiger partial charge in [0.05, 0.1) is 13.2 Å². The monoisotopic (exact) mass is 576 g/mol. The molecular weight excluding hydrogens is 536 g/mol. The molecule has 0 bridgehead atoms. The lowest BCUT2D eigenvalue weighted by Gasteiger charge is -2.26. The van der Waals surface area contributed by atoms with Crippen molar-refractivity contribution in [3.8, 4) is 5.88 Å². The van der Waals surface area contributed by atoms with E-state index in [1.807, 2.05) is 13.8 Å². The minimum Gasteiger partial charge on any atom is -0.481 e. The van der Waals surface area contributed by atoms with Crippen molar-refractivity contribution in [3.63, 3.8) is 0 Å². The lowest BCUT2D eigenvalue weighted by atomic mass is 9.94. The van der Waals surface area contributed by atoms with E-state index in [0.717, 1.165) is 0 Å². The Morgan fingerprint density at radius 2 is 1.66 bits per heavy atom. The van der Waals surface area contributed by atoms with Gasteiger partial charge in [0.2, 0.25) is 29.4 Å². The fraction of sp³-hybridized carbons (Fsp3) is 0.593. The van der Waals surface area contributed by atoms with Crippen LogP contribution in [-0.4, -0.2) is 83.4 Å². The number of Topliss-reactive ketones (excluding diaryl/α,β-unsaturated/α-hetero) is 1. The lowest BCUT2D eigenvalue weighted by Crippen LogP contribution is -2.57. The highest BCUT2D eigenvalue weighted by Crippen LogP contribution is 2.18. The maximum atomic E-state index is 13.4. The zero-order chi connectivity index (χ0) is 30.7. The van der Waals surface area contributed by atoms with Crippen molar-refractivity contribution in [1.29, 1.82) is 0 Å². The zero-order valence-corrected chi connectivity index (χ0v) is 24.0. The van der Waals surface area contributed by atoms with Crippen LogP contribution in [-0.2, 0) is 30.4 Å². The summed E-state index contributed by atoms with van der Waals surface area (Å²) < 4.78 is 5.08. The molecule has 1 aromatic heterocycles. The number of nitrogens with one attached hydrogen (secondary N) is 5. The molecule has 0 aliphatic carbocycles. The second-order valence-corrected chi connectivity index (χ2v) is 10.6. The van der Waals surface area contributed by atoms with E-state index in [4.69, 9.17) is 4.74 Å². The van der Waals surface area contributed by atoms with Crippen LogP contribution in [0.15, 0.2) is 18.2 Å². The van der Waals surface area contributed by atoms with E-state index < -0.39 is 53.6 Å². The Kier molecular flexibility index (Phi) is 12.5. The number of carbonyl (C=O) groups excluding carboxylic acids is 5. The average Bonchev–Trinajstić information content (AvgIpc) is 3.30. The van der Waals surface area contributed by atoms with Gasteiger partial charge in [-0.3, -0.25) is 24.0 Å². The molecule has 41 heavy (non-hydrogen) atoms. The van der Waals surface area contributed by atoms with Gasteiger partial charge in [-0.15, -0.1) is 0 Å². The first-order valence-electron chi connectivity index (χ1n) is 13.5. The quantitative estimate of drug-likeness (QED) is 0.154. The summed E-state index contributed by atoms with van der Waals surface area (Å²) in [4.78, 5) is 80.1. The number of carbonyl (C=O) groups is 6. The Hall–Kier alpha value is -4.23. The molecule has 1 aromatic rings. The van der Waals surface area contributed by atoms with Gasteiger partial charge in [0.25, 0.3) is 5.91 Å². The molecule has 1 fully saturated rings. The molecule has 2 rings (SSSR count). The number of rotatable bonds is 15. The van der Waals surface area contributed by atoms with E-state index in [-0.39, 0.29) is 43.0 Å². The highest BCUT2D eigenvalue weighted by molar-refractivity contribution is 6.38. The second kappa shape index (κ2) is 15.5. The van der Waals surface area contributed by atoms with E-state index in [0.29, 0.717) is 18.7 Å². The van der Waals surface area contributed by atoms with Gasteiger partial charge in [-0.1, -0.05) is 19.9 Å². The van der Waals surface area contributed by atoms with Crippen LogP contribution in [0.5, 0.6) is 5.88 Å². The Morgan fingerprint density at radius 1 is 1.00 bits per heavy atom. The Balaban J connectivity index is 2.26. The highest BCUT2D eigenvalue weighted by Gasteiger charge is 2.36. The van der Waals surface area contributed by atoms with Crippen molar-refractivity contribution < 1.29 is 38.6 Å². The first-order valence-corrected chi connectivity index (χ1v) is 13.5. The van der Waals surface area contributed by atoms with Crippen LogP contribution in [0.1, 0.15) is 52.7 Å². The number of methoxy groups -OCH3 is 1. The van der Waals surface area contributed by atoms with E-state index in [2.05, 4.69) is 31.6 Å². The van der Waals surface area contributed by atoms with Gasteiger partial charge in [-0.05, 0) is 45.1 Å². The molecule has 4 atom stereocenters. The van der Waals surface area contributed by atoms with Crippen LogP contribution in [0.2, 0.25) is 0 Å². The lowest BCUT2D eigenvalue weighted by molar-refractivity contribution is -0.141. The first-order chi connectivity index (χ1) is 19.3. The molecule has 0 radical (unpaired) electrons. The minimum absolute atomic E-state index is 0.0871. The molecular formula is C27H40N6O8. The fourth-order valence-electron chi connectivity index (χ4n) is 4.38. The van der Waals surface area contributed by atoms with Gasteiger partial charge in [-0.2, -0.15) is 0 Å². The smallest absolute Gasteiger partial charge is 0.405 e. The summed E-state index contributed by atoms with van der Waals surface area (Å²) in [6.45, 7) is 7.42. The number of hydrogen-bond donors (Lipinski definition) is 6. The van der Waals surface area contributed by atoms with E-state index >= 15 is 0 Å². The van der Waals surface area contributed by atoms with Crippen molar-refractivity contribution in [2.75, 3.05) is 13.7 Å². The van der Waals surface area contributed by atoms with Crippen LogP contribution < -0.4 is 31.3 Å². The number of pyridine rings is 1. The third-order valence-electron chi connectivity index (χ3n) is 6.32. The fourth-order valence-corrected chi connectivity index (χ4v) is 4.38. The molecule has 1 saturated heterocycles. The van der Waals surface area contributed by atoms with Crippen molar-refractivity contribution in [2.45, 2.75) is 77.5 Å². The van der Waals surface area contributed by atoms with E-state index in [1.54, 1.807) is 32.0 Å². The summed E-state index contributed by atoms with van der Waals surface area (Å²) in [5, 5.41) is 21.8. The molecule has 1 aliphatic rings. The van der Waals surface area contributed by atoms with Crippen molar-refractivity contribution >= 4 is 35.5 Å². The summed E-state index contributed by atoms with van der Waals surface area (Å²) >= 11 is 0. The molecule has 14 nitrogen and oxygen atoms in total. The molecule has 3 unspecified atom stereocenters. The molecule has 226 valence electrons. The van der Waals surface area contributed by atoms with Crippen molar-refractivity contribution in [2.24, 2.45) is 11.8 Å². The maximum absolute atomic E-state index is 13.4. The molecule has 2 heterocycles. The van der Waals surface area contributed by atoms with Crippen LogP contribution in [0, 0.1) is 11.8 Å². The third-order valence-corrected chi connectivity index (χ3v) is 6.32. The number of aromatic nitrogens is 1. The number of amides is 5. The van der Waals surface area contributed by atoms with E-state index in [1.165, 1.54) is 7.11 Å². The van der Waals surface area contributed by atoms with Crippen LogP contribution in [0.3, 0.4) is 0 Å². The number of carboxylic acid groups (broad SMARTS) is 1. The zero-order valence-electron chi connectivity index (χ0n) is 24.0. The predicted octanol–water partition coefficient (Wildman–Crippen LogP) is -0.0955. The van der Waals surface area contributed by atoms with Gasteiger partial charge >= 0.3 is 6.09 Å². The molecule has 5 amide bonds. The van der Waals surface area contributed by atoms with Gasteiger partial charge in [0.1, 0.15) is 12.1 Å². The van der Waals surface area contributed by atoms with Crippen molar-refractivity contribution in [3.05, 3.63) is 23.9 Å². The van der Waals surface area contributed by atoms with E-state index in [9.17, 15) is 33.9 Å². The predicted molar refractivity (Wildman–Crippen MR) is 147 cm³/mol. The minimum atomic E-state index is -1.45. The third kappa shape index (κ3) is 10.7. The van der Waals surface area contributed by atoms with Crippen molar-refractivity contribution in [1.82, 2.24) is 31.6 Å².